The highest BCUT2D eigenvalue weighted by Crippen LogP contribution is 2.17. The fourth-order valence-corrected chi connectivity index (χ4v) is 2.26. The summed E-state index contributed by atoms with van der Waals surface area (Å²) in [5, 5.41) is 1.16. The van der Waals surface area contributed by atoms with Gasteiger partial charge in [0.1, 0.15) is 0 Å². The molecular formula is C16H20N2O2. The molecule has 0 amide bonds. The van der Waals surface area contributed by atoms with Gasteiger partial charge in [0.2, 0.25) is 0 Å². The van der Waals surface area contributed by atoms with Gasteiger partial charge in [0.15, 0.2) is 0 Å². The summed E-state index contributed by atoms with van der Waals surface area (Å²) in [5.74, 6) is -0.148. The van der Waals surface area contributed by atoms with E-state index >= 15 is 0 Å². The molecule has 2 aromatic rings. The first-order valence-electron chi connectivity index (χ1n) is 6.78. The van der Waals surface area contributed by atoms with E-state index in [9.17, 15) is 4.79 Å². The van der Waals surface area contributed by atoms with Gasteiger partial charge in [0.25, 0.3) is 0 Å². The lowest BCUT2D eigenvalue weighted by Crippen LogP contribution is -2.20. The molecule has 0 aliphatic heterocycles. The van der Waals surface area contributed by atoms with Gasteiger partial charge in [-0.05, 0) is 31.6 Å². The number of hydrogen-bond donors (Lipinski definition) is 0. The molecule has 0 aliphatic carbocycles. The highest BCUT2D eigenvalue weighted by atomic mass is 16.5. The van der Waals surface area contributed by atoms with Crippen LogP contribution in [0.3, 0.4) is 0 Å². The number of ether oxygens (including phenoxy) is 1. The van der Waals surface area contributed by atoms with Crippen LogP contribution in [-0.4, -0.2) is 36.6 Å². The average Bonchev–Trinajstić information content (AvgIpc) is 2.47. The second-order valence-corrected chi connectivity index (χ2v) is 4.91. The average molecular weight is 272 g/mol. The molecule has 1 aromatic heterocycles. The lowest BCUT2D eigenvalue weighted by molar-refractivity contribution is -0.140. The molecule has 4 heteroatoms. The molecule has 0 saturated carbocycles. The van der Waals surface area contributed by atoms with E-state index in [4.69, 9.17) is 0 Å². The number of aromatic nitrogens is 1. The number of nitrogens with zero attached hydrogens (tertiary/aromatic N) is 2. The largest absolute Gasteiger partial charge is 0.469 e. The maximum absolute atomic E-state index is 11.1. The zero-order valence-corrected chi connectivity index (χ0v) is 12.0. The predicted octanol–water partition coefficient (Wildman–Crippen LogP) is 2.62. The molecule has 0 spiro atoms. The van der Waals surface area contributed by atoms with Crippen molar-refractivity contribution >= 4 is 16.9 Å². The molecule has 20 heavy (non-hydrogen) atoms. The van der Waals surface area contributed by atoms with Crippen molar-refractivity contribution in [1.82, 2.24) is 9.88 Å². The van der Waals surface area contributed by atoms with Gasteiger partial charge in [-0.3, -0.25) is 9.78 Å². The molecular weight excluding hydrogens is 252 g/mol. The van der Waals surface area contributed by atoms with Crippen molar-refractivity contribution in [3.63, 3.8) is 0 Å². The summed E-state index contributed by atoms with van der Waals surface area (Å²) in [7, 11) is 3.48. The molecule has 2 rings (SSSR count). The Balaban J connectivity index is 1.96. The third-order valence-electron chi connectivity index (χ3n) is 3.30. The van der Waals surface area contributed by atoms with Crippen LogP contribution in [-0.2, 0) is 16.1 Å². The summed E-state index contributed by atoms with van der Waals surface area (Å²) in [6, 6.07) is 10.3. The van der Waals surface area contributed by atoms with Gasteiger partial charge in [-0.15, -0.1) is 0 Å². The molecule has 0 atom stereocenters. The number of hydrogen-bond acceptors (Lipinski definition) is 4. The minimum atomic E-state index is -0.148. The maximum Gasteiger partial charge on any atom is 0.305 e. The third-order valence-corrected chi connectivity index (χ3v) is 3.30. The number of methoxy groups -OCH3 is 1. The smallest absolute Gasteiger partial charge is 0.305 e. The molecule has 0 bridgehead atoms. The van der Waals surface area contributed by atoms with E-state index in [-0.39, 0.29) is 5.97 Å². The second-order valence-electron chi connectivity index (χ2n) is 4.91. The minimum Gasteiger partial charge on any atom is -0.469 e. The van der Waals surface area contributed by atoms with E-state index in [1.54, 1.807) is 0 Å². The molecule has 4 nitrogen and oxygen atoms in total. The molecule has 106 valence electrons. The van der Waals surface area contributed by atoms with Gasteiger partial charge in [-0.25, -0.2) is 0 Å². The monoisotopic (exact) mass is 272 g/mol. The molecule has 0 aliphatic rings. The van der Waals surface area contributed by atoms with E-state index in [0.29, 0.717) is 6.42 Å². The fourth-order valence-electron chi connectivity index (χ4n) is 2.26. The van der Waals surface area contributed by atoms with Gasteiger partial charge in [-0.2, -0.15) is 0 Å². The van der Waals surface area contributed by atoms with Crippen LogP contribution in [0.2, 0.25) is 0 Å². The van der Waals surface area contributed by atoms with Crippen LogP contribution < -0.4 is 0 Å². The van der Waals surface area contributed by atoms with Gasteiger partial charge >= 0.3 is 5.97 Å². The quantitative estimate of drug-likeness (QED) is 0.758. The fraction of sp³-hybridized carbons (Fsp3) is 0.375. The minimum absolute atomic E-state index is 0.148. The number of carbonyl (C=O) groups is 1. The Morgan fingerprint density at radius 3 is 2.90 bits per heavy atom. The van der Waals surface area contributed by atoms with Crippen molar-refractivity contribution < 1.29 is 9.53 Å². The summed E-state index contributed by atoms with van der Waals surface area (Å²) >= 11 is 0. The lowest BCUT2D eigenvalue weighted by atomic mass is 10.1. The number of para-hydroxylation sites is 1. The highest BCUT2D eigenvalue weighted by molar-refractivity contribution is 5.81. The molecule has 0 saturated heterocycles. The van der Waals surface area contributed by atoms with Crippen LogP contribution >= 0.6 is 0 Å². The normalized spacial score (nSPS) is 10.9. The Morgan fingerprint density at radius 2 is 2.10 bits per heavy atom. The van der Waals surface area contributed by atoms with E-state index in [2.05, 4.69) is 45.9 Å². The maximum atomic E-state index is 11.1. The van der Waals surface area contributed by atoms with Crippen LogP contribution in [0.15, 0.2) is 36.5 Å². The Morgan fingerprint density at radius 1 is 1.30 bits per heavy atom. The van der Waals surface area contributed by atoms with Gasteiger partial charge in [0.05, 0.1) is 12.6 Å². The third kappa shape index (κ3) is 3.78. The molecule has 0 fully saturated rings. The number of pyridine rings is 1. The van der Waals surface area contributed by atoms with Gasteiger partial charge in [0, 0.05) is 24.5 Å². The Bertz CT molecular complexity index is 578. The van der Waals surface area contributed by atoms with Crippen molar-refractivity contribution in [2.24, 2.45) is 0 Å². The zero-order chi connectivity index (χ0) is 14.4. The van der Waals surface area contributed by atoms with E-state index < -0.39 is 0 Å². The summed E-state index contributed by atoms with van der Waals surface area (Å²) in [5.41, 5.74) is 2.26. The number of benzene rings is 1. The Kier molecular flexibility index (Phi) is 5.07. The van der Waals surface area contributed by atoms with Crippen LogP contribution in [0.1, 0.15) is 18.4 Å². The first kappa shape index (κ1) is 14.5. The van der Waals surface area contributed by atoms with Crippen molar-refractivity contribution in [2.45, 2.75) is 19.4 Å². The molecule has 0 unspecified atom stereocenters. The first-order chi connectivity index (χ1) is 9.70. The Hall–Kier alpha value is -1.94. The van der Waals surface area contributed by atoms with Crippen LogP contribution in [0.4, 0.5) is 0 Å². The lowest BCUT2D eigenvalue weighted by Gasteiger charge is -2.17. The Labute approximate surface area is 119 Å². The SMILES string of the molecule is COC(=O)CCCN(C)Cc1cccc2cccnc12. The number of fused-ring (bicyclic) bond motifs is 1. The standard InChI is InChI=1S/C16H20N2O2/c1-18(11-5-9-15(19)20-2)12-14-7-3-6-13-8-4-10-17-16(13)14/h3-4,6-8,10H,5,9,11-12H2,1-2H3. The van der Waals surface area contributed by atoms with Crippen LogP contribution in [0.25, 0.3) is 10.9 Å². The van der Waals surface area contributed by atoms with Gasteiger partial charge < -0.3 is 9.64 Å². The predicted molar refractivity (Wildman–Crippen MR) is 79.3 cm³/mol. The molecule has 1 heterocycles. The highest BCUT2D eigenvalue weighted by Gasteiger charge is 2.06. The van der Waals surface area contributed by atoms with E-state index in [1.807, 2.05) is 12.3 Å². The van der Waals surface area contributed by atoms with Gasteiger partial charge in [-0.1, -0.05) is 24.3 Å². The van der Waals surface area contributed by atoms with Crippen molar-refractivity contribution in [2.75, 3.05) is 20.7 Å². The zero-order valence-electron chi connectivity index (χ0n) is 12.0. The first-order valence-corrected chi connectivity index (χ1v) is 6.78. The van der Waals surface area contributed by atoms with Crippen molar-refractivity contribution in [1.29, 1.82) is 0 Å². The van der Waals surface area contributed by atoms with Crippen molar-refractivity contribution in [3.05, 3.63) is 42.1 Å². The topological polar surface area (TPSA) is 42.4 Å². The number of esters is 1. The number of rotatable bonds is 6. The molecule has 0 radical (unpaired) electrons. The summed E-state index contributed by atoms with van der Waals surface area (Å²) in [4.78, 5) is 17.7. The second kappa shape index (κ2) is 7.01. The van der Waals surface area contributed by atoms with Crippen LogP contribution in [0.5, 0.6) is 0 Å². The van der Waals surface area contributed by atoms with Crippen molar-refractivity contribution in [3.8, 4) is 0 Å². The molecule has 0 N–H and O–H groups in total. The molecule has 1 aromatic carbocycles. The number of carbonyl (C=O) groups excluding carboxylic acids is 1. The summed E-state index contributed by atoms with van der Waals surface area (Å²) < 4.78 is 4.64. The van der Waals surface area contributed by atoms with Crippen LogP contribution in [0, 0.1) is 0 Å². The summed E-state index contributed by atoms with van der Waals surface area (Å²) in [6.45, 7) is 1.69. The van der Waals surface area contributed by atoms with E-state index in [1.165, 1.54) is 12.7 Å². The van der Waals surface area contributed by atoms with E-state index in [0.717, 1.165) is 30.4 Å². The summed E-state index contributed by atoms with van der Waals surface area (Å²) in [6.07, 6.45) is 3.10.